The lowest BCUT2D eigenvalue weighted by molar-refractivity contribution is 0.0927. The van der Waals surface area contributed by atoms with E-state index in [1.54, 1.807) is 24.3 Å². The largest absolute Gasteiger partial charge is 0.459 e. The molecule has 0 radical (unpaired) electrons. The Balaban J connectivity index is 1.43. The van der Waals surface area contributed by atoms with Crippen molar-refractivity contribution in [3.63, 3.8) is 0 Å². The van der Waals surface area contributed by atoms with Crippen LogP contribution in [0.1, 0.15) is 21.1 Å². The van der Waals surface area contributed by atoms with E-state index in [9.17, 15) is 9.18 Å². The average molecular weight is 346 g/mol. The van der Waals surface area contributed by atoms with Gasteiger partial charge >= 0.3 is 0 Å². The van der Waals surface area contributed by atoms with Crippen LogP contribution in [0.3, 0.4) is 0 Å². The smallest absolute Gasteiger partial charge is 0.287 e. The minimum absolute atomic E-state index is 0.254. The average Bonchev–Trinajstić information content (AvgIpc) is 3.25. The lowest BCUT2D eigenvalue weighted by Gasteiger charge is -2.03. The number of hydrogen-bond donors (Lipinski definition) is 2. The van der Waals surface area contributed by atoms with Gasteiger partial charge in [-0.25, -0.2) is 4.39 Å². The number of aromatic nitrogens is 2. The predicted octanol–water partition coefficient (Wildman–Crippen LogP) is 2.70. The summed E-state index contributed by atoms with van der Waals surface area (Å²) in [5.74, 6) is -0.224. The zero-order valence-electron chi connectivity index (χ0n) is 12.7. The Labute approximate surface area is 141 Å². The second-order valence-electron chi connectivity index (χ2n) is 4.96. The number of benzene rings is 1. The lowest BCUT2D eigenvalue weighted by atomic mass is 10.2. The molecule has 0 saturated carbocycles. The normalized spacial score (nSPS) is 10.5. The highest BCUT2D eigenvalue weighted by Crippen LogP contribution is 2.18. The van der Waals surface area contributed by atoms with Crippen LogP contribution in [0, 0.1) is 5.82 Å². The molecule has 24 heavy (non-hydrogen) atoms. The van der Waals surface area contributed by atoms with Crippen molar-refractivity contribution in [1.29, 1.82) is 0 Å². The van der Waals surface area contributed by atoms with Gasteiger partial charge in [-0.3, -0.25) is 4.79 Å². The Kier molecular flexibility index (Phi) is 5.17. The second kappa shape index (κ2) is 7.69. The van der Waals surface area contributed by atoms with E-state index in [-0.39, 0.29) is 17.5 Å². The van der Waals surface area contributed by atoms with Gasteiger partial charge in [0.2, 0.25) is 5.13 Å². The first kappa shape index (κ1) is 16.1. The van der Waals surface area contributed by atoms with Crippen LogP contribution in [0.15, 0.2) is 47.1 Å². The number of nitrogens with one attached hydrogen (secondary N) is 2. The van der Waals surface area contributed by atoms with Crippen molar-refractivity contribution < 1.29 is 13.6 Å². The highest BCUT2D eigenvalue weighted by atomic mass is 32.1. The number of anilines is 1. The van der Waals surface area contributed by atoms with Crippen molar-refractivity contribution >= 4 is 22.4 Å². The molecule has 0 unspecified atom stereocenters. The Hall–Kier alpha value is -2.74. The fourth-order valence-corrected chi connectivity index (χ4v) is 2.81. The van der Waals surface area contributed by atoms with Crippen molar-refractivity contribution in [2.24, 2.45) is 0 Å². The van der Waals surface area contributed by atoms with Gasteiger partial charge in [-0.05, 0) is 29.8 Å². The van der Waals surface area contributed by atoms with Gasteiger partial charge in [0.05, 0.1) is 6.26 Å². The van der Waals surface area contributed by atoms with E-state index in [1.165, 1.54) is 29.7 Å². The maximum Gasteiger partial charge on any atom is 0.287 e. The van der Waals surface area contributed by atoms with Gasteiger partial charge in [0.1, 0.15) is 10.8 Å². The molecule has 0 fully saturated rings. The Morgan fingerprint density at radius 1 is 1.17 bits per heavy atom. The van der Waals surface area contributed by atoms with Crippen molar-refractivity contribution in [1.82, 2.24) is 15.5 Å². The molecule has 2 aromatic heterocycles. The summed E-state index contributed by atoms with van der Waals surface area (Å²) >= 11 is 1.43. The Morgan fingerprint density at radius 3 is 2.75 bits per heavy atom. The molecule has 0 saturated heterocycles. The molecule has 3 rings (SSSR count). The van der Waals surface area contributed by atoms with E-state index in [0.717, 1.165) is 10.6 Å². The molecular weight excluding hydrogens is 331 g/mol. The molecule has 1 aromatic carbocycles. The summed E-state index contributed by atoms with van der Waals surface area (Å²) in [7, 11) is 0. The van der Waals surface area contributed by atoms with Crippen molar-refractivity contribution in [3.05, 3.63) is 64.8 Å². The molecule has 0 aliphatic rings. The van der Waals surface area contributed by atoms with Crippen LogP contribution in [-0.2, 0) is 6.42 Å². The minimum Gasteiger partial charge on any atom is -0.459 e. The molecule has 0 aliphatic carbocycles. The monoisotopic (exact) mass is 346 g/mol. The lowest BCUT2D eigenvalue weighted by Crippen LogP contribution is -2.28. The third-order valence-corrected chi connectivity index (χ3v) is 4.05. The highest BCUT2D eigenvalue weighted by Gasteiger charge is 2.08. The predicted molar refractivity (Wildman–Crippen MR) is 88.6 cm³/mol. The van der Waals surface area contributed by atoms with Crippen LogP contribution >= 0.6 is 11.3 Å². The molecule has 0 atom stereocenters. The zero-order chi connectivity index (χ0) is 16.8. The minimum atomic E-state index is -0.255. The molecule has 0 aliphatic heterocycles. The quantitative estimate of drug-likeness (QED) is 0.643. The van der Waals surface area contributed by atoms with Crippen LogP contribution in [0.25, 0.3) is 0 Å². The Bertz CT molecular complexity index is 787. The Morgan fingerprint density at radius 2 is 2.00 bits per heavy atom. The molecular formula is C16H15FN4O2S. The van der Waals surface area contributed by atoms with Gasteiger partial charge in [0.25, 0.3) is 5.91 Å². The van der Waals surface area contributed by atoms with Crippen molar-refractivity contribution in [2.75, 3.05) is 18.4 Å². The molecule has 3 aromatic rings. The van der Waals surface area contributed by atoms with Crippen LogP contribution in [0.2, 0.25) is 0 Å². The van der Waals surface area contributed by atoms with Crippen LogP contribution in [-0.4, -0.2) is 29.2 Å². The summed E-state index contributed by atoms with van der Waals surface area (Å²) in [4.78, 5) is 11.7. The maximum absolute atomic E-state index is 12.9. The molecule has 2 heterocycles. The van der Waals surface area contributed by atoms with E-state index in [2.05, 4.69) is 20.8 Å². The van der Waals surface area contributed by atoms with Crippen LogP contribution in [0.5, 0.6) is 0 Å². The number of carbonyl (C=O) groups excluding carboxylic acids is 1. The maximum atomic E-state index is 12.9. The fraction of sp³-hybridized carbons (Fsp3) is 0.188. The fourth-order valence-electron chi connectivity index (χ4n) is 2.01. The topological polar surface area (TPSA) is 80.0 Å². The summed E-state index contributed by atoms with van der Waals surface area (Å²) in [5, 5.41) is 15.5. The first-order valence-corrected chi connectivity index (χ1v) is 8.15. The number of amides is 1. The number of hydrogen-bond acceptors (Lipinski definition) is 6. The van der Waals surface area contributed by atoms with Gasteiger partial charge in [-0.2, -0.15) is 0 Å². The number of furan rings is 1. The van der Waals surface area contributed by atoms with Gasteiger partial charge in [0, 0.05) is 19.5 Å². The van der Waals surface area contributed by atoms with Crippen LogP contribution in [0.4, 0.5) is 9.52 Å². The van der Waals surface area contributed by atoms with Gasteiger partial charge in [-0.1, -0.05) is 23.5 Å². The van der Waals surface area contributed by atoms with E-state index in [0.29, 0.717) is 24.6 Å². The van der Waals surface area contributed by atoms with E-state index >= 15 is 0 Å². The number of carbonyl (C=O) groups is 1. The molecule has 124 valence electrons. The summed E-state index contributed by atoms with van der Waals surface area (Å²) in [5.41, 5.74) is 0.977. The summed E-state index contributed by atoms with van der Waals surface area (Å²) in [6.45, 7) is 0.962. The van der Waals surface area contributed by atoms with Gasteiger partial charge < -0.3 is 15.1 Å². The van der Waals surface area contributed by atoms with Crippen LogP contribution < -0.4 is 10.6 Å². The van der Waals surface area contributed by atoms with Crippen molar-refractivity contribution in [2.45, 2.75) is 6.42 Å². The standard InChI is InChI=1S/C16H15FN4O2S/c17-12-5-3-11(4-6-12)10-14-20-21-16(24-14)19-8-7-18-15(22)13-2-1-9-23-13/h1-6,9H,7-8,10H2,(H,18,22)(H,19,21). The molecule has 6 nitrogen and oxygen atoms in total. The molecule has 1 amide bonds. The van der Waals surface area contributed by atoms with E-state index in [4.69, 9.17) is 4.42 Å². The molecule has 0 bridgehead atoms. The first-order chi connectivity index (χ1) is 11.7. The molecule has 0 spiro atoms. The van der Waals surface area contributed by atoms with Gasteiger partial charge in [0.15, 0.2) is 5.76 Å². The SMILES string of the molecule is O=C(NCCNc1nnc(Cc2ccc(F)cc2)s1)c1ccco1. The first-order valence-electron chi connectivity index (χ1n) is 7.33. The zero-order valence-corrected chi connectivity index (χ0v) is 13.5. The third kappa shape index (κ3) is 4.39. The van der Waals surface area contributed by atoms with E-state index in [1.807, 2.05) is 0 Å². The van der Waals surface area contributed by atoms with Gasteiger partial charge in [-0.15, -0.1) is 10.2 Å². The number of rotatable bonds is 7. The van der Waals surface area contributed by atoms with E-state index < -0.39 is 0 Å². The third-order valence-electron chi connectivity index (χ3n) is 3.17. The molecule has 8 heteroatoms. The number of nitrogens with zero attached hydrogens (tertiary/aromatic N) is 2. The highest BCUT2D eigenvalue weighted by molar-refractivity contribution is 7.15. The summed E-state index contributed by atoms with van der Waals surface area (Å²) in [6.07, 6.45) is 2.06. The summed E-state index contributed by atoms with van der Waals surface area (Å²) in [6, 6.07) is 9.59. The second-order valence-corrected chi connectivity index (χ2v) is 6.03. The number of halogens is 1. The summed E-state index contributed by atoms with van der Waals surface area (Å²) < 4.78 is 17.9. The van der Waals surface area contributed by atoms with Crippen molar-refractivity contribution in [3.8, 4) is 0 Å². The molecule has 2 N–H and O–H groups in total.